The second-order valence-corrected chi connectivity index (χ2v) is 6.98. The molecule has 3 saturated heterocycles. The number of nitrogens with zero attached hydrogens (tertiary/aromatic N) is 3. The minimum absolute atomic E-state index is 0.0993. The van der Waals surface area contributed by atoms with Crippen molar-refractivity contribution >= 4 is 28.5 Å². The molecule has 3 fully saturated rings. The molecule has 5 rings (SSSR count). The van der Waals surface area contributed by atoms with Gasteiger partial charge in [-0.05, 0) is 37.9 Å². The molecule has 1 unspecified atom stereocenters. The van der Waals surface area contributed by atoms with Gasteiger partial charge in [0.15, 0.2) is 5.58 Å². The Morgan fingerprint density at radius 3 is 2.76 bits per heavy atom. The van der Waals surface area contributed by atoms with Gasteiger partial charge in [-0.1, -0.05) is 0 Å². The standard InChI is InChI=1S/C18H22N4O3/c1-11(23)21(2)16-10-25-17-8-19-14(7-13(16)17)18(24)20-15-9-22-5-3-12(15)4-6-22/h7-8,10,12,15H,3-6,9H2,1-2H3,(H,20,24). The lowest BCUT2D eigenvalue weighted by Crippen LogP contribution is -2.57. The molecule has 5 heterocycles. The Morgan fingerprint density at radius 2 is 2.12 bits per heavy atom. The largest absolute Gasteiger partial charge is 0.460 e. The molecule has 132 valence electrons. The van der Waals surface area contributed by atoms with Crippen LogP contribution in [0.1, 0.15) is 30.3 Å². The van der Waals surface area contributed by atoms with Crippen LogP contribution in [0.25, 0.3) is 11.0 Å². The van der Waals surface area contributed by atoms with Crippen molar-refractivity contribution in [1.29, 1.82) is 0 Å². The van der Waals surface area contributed by atoms with Gasteiger partial charge in [0, 0.05) is 31.9 Å². The summed E-state index contributed by atoms with van der Waals surface area (Å²) >= 11 is 0. The number of hydrogen-bond acceptors (Lipinski definition) is 5. The molecule has 2 aromatic rings. The second kappa shape index (κ2) is 6.15. The van der Waals surface area contributed by atoms with Crippen LogP contribution in [-0.2, 0) is 4.79 Å². The highest BCUT2D eigenvalue weighted by molar-refractivity contribution is 6.03. The molecule has 0 spiro atoms. The topological polar surface area (TPSA) is 78.7 Å². The Hall–Kier alpha value is -2.41. The van der Waals surface area contributed by atoms with Crippen molar-refractivity contribution in [2.24, 2.45) is 5.92 Å². The zero-order valence-corrected chi connectivity index (χ0v) is 14.5. The molecule has 2 bridgehead atoms. The van der Waals surface area contributed by atoms with Crippen LogP contribution in [0.4, 0.5) is 5.69 Å². The number of amides is 2. The monoisotopic (exact) mass is 342 g/mol. The maximum absolute atomic E-state index is 12.7. The molecule has 3 aliphatic heterocycles. The van der Waals surface area contributed by atoms with E-state index in [9.17, 15) is 9.59 Å². The van der Waals surface area contributed by atoms with E-state index < -0.39 is 0 Å². The van der Waals surface area contributed by atoms with Crippen LogP contribution < -0.4 is 10.2 Å². The molecule has 7 heteroatoms. The summed E-state index contributed by atoms with van der Waals surface area (Å²) in [7, 11) is 1.68. The maximum Gasteiger partial charge on any atom is 0.270 e. The van der Waals surface area contributed by atoms with Crippen molar-refractivity contribution in [2.45, 2.75) is 25.8 Å². The average Bonchev–Trinajstić information content (AvgIpc) is 3.05. The summed E-state index contributed by atoms with van der Waals surface area (Å²) in [4.78, 5) is 32.4. The molecule has 1 N–H and O–H groups in total. The first-order valence-corrected chi connectivity index (χ1v) is 8.67. The van der Waals surface area contributed by atoms with Crippen molar-refractivity contribution in [1.82, 2.24) is 15.2 Å². The molecule has 0 aromatic carbocycles. The van der Waals surface area contributed by atoms with Crippen LogP contribution in [0.5, 0.6) is 0 Å². The number of rotatable bonds is 3. The van der Waals surface area contributed by atoms with Crippen molar-refractivity contribution in [3.05, 3.63) is 24.2 Å². The molecule has 25 heavy (non-hydrogen) atoms. The Kier molecular flexibility index (Phi) is 3.95. The van der Waals surface area contributed by atoms with Crippen LogP contribution in [-0.4, -0.2) is 54.4 Å². The lowest BCUT2D eigenvalue weighted by molar-refractivity contribution is -0.116. The Morgan fingerprint density at radius 1 is 1.36 bits per heavy atom. The first-order chi connectivity index (χ1) is 12.0. The number of nitrogens with one attached hydrogen (secondary N) is 1. The first-order valence-electron chi connectivity index (χ1n) is 8.67. The van der Waals surface area contributed by atoms with E-state index >= 15 is 0 Å². The number of carbonyl (C=O) groups excluding carboxylic acids is 2. The van der Waals surface area contributed by atoms with Crippen LogP contribution in [0.15, 0.2) is 22.9 Å². The van der Waals surface area contributed by atoms with Crippen LogP contribution in [0, 0.1) is 5.92 Å². The van der Waals surface area contributed by atoms with Crippen molar-refractivity contribution in [3.8, 4) is 0 Å². The van der Waals surface area contributed by atoms with Crippen molar-refractivity contribution < 1.29 is 14.0 Å². The van der Waals surface area contributed by atoms with E-state index in [4.69, 9.17) is 4.42 Å². The van der Waals surface area contributed by atoms with Crippen molar-refractivity contribution in [2.75, 3.05) is 31.6 Å². The minimum Gasteiger partial charge on any atom is -0.460 e. The predicted octanol–water partition coefficient (Wildman–Crippen LogP) is 1.63. The van der Waals surface area contributed by atoms with Gasteiger partial charge in [-0.25, -0.2) is 4.98 Å². The Balaban J connectivity index is 1.57. The molecule has 0 aliphatic carbocycles. The smallest absolute Gasteiger partial charge is 0.270 e. The number of pyridine rings is 1. The number of fused-ring (bicyclic) bond motifs is 4. The number of furan rings is 1. The van der Waals surface area contributed by atoms with Gasteiger partial charge in [0.2, 0.25) is 5.91 Å². The zero-order valence-electron chi connectivity index (χ0n) is 14.5. The summed E-state index contributed by atoms with van der Waals surface area (Å²) in [5.74, 6) is 0.294. The fourth-order valence-corrected chi connectivity index (χ4v) is 3.84. The van der Waals surface area contributed by atoms with Gasteiger partial charge < -0.3 is 19.5 Å². The third-order valence-corrected chi connectivity index (χ3v) is 5.48. The highest BCUT2D eigenvalue weighted by Gasteiger charge is 2.35. The predicted molar refractivity (Wildman–Crippen MR) is 93.5 cm³/mol. The van der Waals surface area contributed by atoms with Gasteiger partial charge in [0.25, 0.3) is 5.91 Å². The minimum atomic E-state index is -0.168. The van der Waals surface area contributed by atoms with Crippen LogP contribution >= 0.6 is 0 Å². The summed E-state index contributed by atoms with van der Waals surface area (Å²) in [6, 6.07) is 1.89. The van der Waals surface area contributed by atoms with Gasteiger partial charge in [-0.2, -0.15) is 0 Å². The quantitative estimate of drug-likeness (QED) is 0.917. The third kappa shape index (κ3) is 2.89. The van der Waals surface area contributed by atoms with Crippen LogP contribution in [0.3, 0.4) is 0 Å². The molecule has 3 aliphatic rings. The Bertz CT molecular complexity index is 823. The summed E-state index contributed by atoms with van der Waals surface area (Å²) in [5.41, 5.74) is 1.55. The fourth-order valence-electron chi connectivity index (χ4n) is 3.84. The summed E-state index contributed by atoms with van der Waals surface area (Å²) < 4.78 is 5.45. The highest BCUT2D eigenvalue weighted by Crippen LogP contribution is 2.30. The molecule has 2 aromatic heterocycles. The van der Waals surface area contributed by atoms with Crippen LogP contribution in [0.2, 0.25) is 0 Å². The normalized spacial score (nSPS) is 25.1. The fraction of sp³-hybridized carbons (Fsp3) is 0.500. The summed E-state index contributed by atoms with van der Waals surface area (Å²) in [5, 5.41) is 3.86. The van der Waals surface area contributed by atoms with Gasteiger partial charge in [-0.15, -0.1) is 0 Å². The van der Waals surface area contributed by atoms with Gasteiger partial charge >= 0.3 is 0 Å². The molecule has 7 nitrogen and oxygen atoms in total. The third-order valence-electron chi connectivity index (χ3n) is 5.48. The van der Waals surface area contributed by atoms with E-state index in [1.165, 1.54) is 24.3 Å². The Labute approximate surface area is 146 Å². The maximum atomic E-state index is 12.7. The van der Waals surface area contributed by atoms with Gasteiger partial charge in [0.05, 0.1) is 11.9 Å². The highest BCUT2D eigenvalue weighted by atomic mass is 16.3. The second-order valence-electron chi connectivity index (χ2n) is 6.98. The van der Waals surface area contributed by atoms with E-state index in [-0.39, 0.29) is 17.9 Å². The zero-order chi connectivity index (χ0) is 17.6. The van der Waals surface area contributed by atoms with E-state index in [0.29, 0.717) is 28.3 Å². The summed E-state index contributed by atoms with van der Waals surface area (Å²) in [6.07, 6.45) is 5.35. The molecular formula is C18H22N4O3. The first kappa shape index (κ1) is 16.1. The van der Waals surface area contributed by atoms with Gasteiger partial charge in [0.1, 0.15) is 12.0 Å². The molecular weight excluding hydrogens is 320 g/mol. The number of hydrogen-bond donors (Lipinski definition) is 1. The SMILES string of the molecule is CC(=O)N(C)c1coc2cnc(C(=O)NC3CN4CCC3CC4)cc12. The summed E-state index contributed by atoms with van der Waals surface area (Å²) in [6.45, 7) is 4.68. The molecule has 0 saturated carbocycles. The van der Waals surface area contributed by atoms with Gasteiger partial charge in [-0.3, -0.25) is 9.59 Å². The number of anilines is 1. The lowest BCUT2D eigenvalue weighted by atomic mass is 9.84. The van der Waals surface area contributed by atoms with E-state index in [1.807, 2.05) is 0 Å². The van der Waals surface area contributed by atoms with E-state index in [2.05, 4.69) is 15.2 Å². The molecule has 1 atom stereocenters. The van der Waals surface area contributed by atoms with E-state index in [0.717, 1.165) is 32.5 Å². The number of piperidine rings is 3. The van der Waals surface area contributed by atoms with E-state index in [1.54, 1.807) is 13.1 Å². The number of aromatic nitrogens is 1. The number of carbonyl (C=O) groups is 2. The molecule has 0 radical (unpaired) electrons. The lowest BCUT2D eigenvalue weighted by Gasteiger charge is -2.44. The average molecular weight is 342 g/mol. The van der Waals surface area contributed by atoms with Crippen molar-refractivity contribution in [3.63, 3.8) is 0 Å². The molecule has 2 amide bonds.